The van der Waals surface area contributed by atoms with Gasteiger partial charge < -0.3 is 5.11 Å². The lowest BCUT2D eigenvalue weighted by molar-refractivity contribution is -0.142. The third kappa shape index (κ3) is 2.15. The third-order valence-electron chi connectivity index (χ3n) is 2.93. The van der Waals surface area contributed by atoms with Gasteiger partial charge in [0.2, 0.25) is 0 Å². The Morgan fingerprint density at radius 3 is 2.87 bits per heavy atom. The van der Waals surface area contributed by atoms with Crippen molar-refractivity contribution >= 4 is 17.6 Å². The van der Waals surface area contributed by atoms with E-state index in [9.17, 15) is 4.79 Å². The van der Waals surface area contributed by atoms with Gasteiger partial charge in [0, 0.05) is 13.5 Å². The van der Waals surface area contributed by atoms with E-state index in [2.05, 4.69) is 5.10 Å². The summed E-state index contributed by atoms with van der Waals surface area (Å²) in [5.41, 5.74) is 0.816. The molecule has 1 fully saturated rings. The fourth-order valence-corrected chi connectivity index (χ4v) is 2.07. The van der Waals surface area contributed by atoms with Crippen LogP contribution in [-0.2, 0) is 18.3 Å². The van der Waals surface area contributed by atoms with Gasteiger partial charge in [0.1, 0.15) is 0 Å². The van der Waals surface area contributed by atoms with Crippen LogP contribution in [0.25, 0.3) is 0 Å². The first kappa shape index (κ1) is 10.5. The number of carboxylic acid groups (broad SMARTS) is 1. The van der Waals surface area contributed by atoms with Crippen LogP contribution < -0.4 is 0 Å². The van der Waals surface area contributed by atoms with Gasteiger partial charge in [0.05, 0.1) is 22.8 Å². The Morgan fingerprint density at radius 1 is 1.80 bits per heavy atom. The molecule has 0 aromatic carbocycles. The Balaban J connectivity index is 2.15. The smallest absolute Gasteiger partial charge is 0.307 e. The molecule has 0 saturated heterocycles. The maximum Gasteiger partial charge on any atom is 0.307 e. The molecule has 1 heterocycles. The fourth-order valence-electron chi connectivity index (χ4n) is 1.83. The number of carboxylic acids is 1. The number of aryl methyl sites for hydroxylation is 1. The fraction of sp³-hybridized carbons (Fsp3) is 0.600. The normalized spacial score (nSPS) is 17.7. The van der Waals surface area contributed by atoms with E-state index in [-0.39, 0.29) is 5.92 Å². The molecule has 2 rings (SSSR count). The average molecular weight is 229 g/mol. The average Bonchev–Trinajstić information content (AvgIpc) is 2.94. The first-order valence-corrected chi connectivity index (χ1v) is 5.36. The van der Waals surface area contributed by atoms with E-state index >= 15 is 0 Å². The molecule has 1 aliphatic carbocycles. The monoisotopic (exact) mass is 228 g/mol. The van der Waals surface area contributed by atoms with Crippen molar-refractivity contribution in [2.45, 2.75) is 19.3 Å². The standard InChI is InChI=1S/C10H13ClN2O2/c1-13-9(8(11)5-12-13)4-7(10(14)15)6-2-3-6/h5-7H,2-4H2,1H3,(H,14,15). The zero-order chi connectivity index (χ0) is 11.0. The zero-order valence-electron chi connectivity index (χ0n) is 8.48. The molecule has 82 valence electrons. The van der Waals surface area contributed by atoms with Gasteiger partial charge in [-0.05, 0) is 18.8 Å². The van der Waals surface area contributed by atoms with Crippen molar-refractivity contribution in [1.82, 2.24) is 9.78 Å². The molecule has 0 amide bonds. The summed E-state index contributed by atoms with van der Waals surface area (Å²) in [6.45, 7) is 0. The molecule has 1 N–H and O–H groups in total. The van der Waals surface area contributed by atoms with Crippen molar-refractivity contribution in [1.29, 1.82) is 0 Å². The predicted molar refractivity (Wildman–Crippen MR) is 55.8 cm³/mol. The van der Waals surface area contributed by atoms with Gasteiger partial charge in [0.25, 0.3) is 0 Å². The third-order valence-corrected chi connectivity index (χ3v) is 3.25. The van der Waals surface area contributed by atoms with Gasteiger partial charge in [-0.25, -0.2) is 0 Å². The summed E-state index contributed by atoms with van der Waals surface area (Å²) in [5, 5.41) is 13.7. The highest BCUT2D eigenvalue weighted by Gasteiger charge is 2.37. The van der Waals surface area contributed by atoms with Gasteiger partial charge in [-0.2, -0.15) is 5.10 Å². The second kappa shape index (κ2) is 3.85. The number of carbonyl (C=O) groups is 1. The number of rotatable bonds is 4. The second-order valence-electron chi connectivity index (χ2n) is 4.05. The molecule has 1 aliphatic rings. The summed E-state index contributed by atoms with van der Waals surface area (Å²) >= 11 is 5.94. The minimum Gasteiger partial charge on any atom is -0.481 e. The highest BCUT2D eigenvalue weighted by atomic mass is 35.5. The summed E-state index contributed by atoms with van der Waals surface area (Å²) in [5.74, 6) is -0.707. The maximum absolute atomic E-state index is 11.1. The van der Waals surface area contributed by atoms with Crippen molar-refractivity contribution in [2.24, 2.45) is 18.9 Å². The van der Waals surface area contributed by atoms with E-state index in [0.29, 0.717) is 17.4 Å². The Morgan fingerprint density at radius 2 is 2.47 bits per heavy atom. The molecule has 1 aromatic heterocycles. The molecular weight excluding hydrogens is 216 g/mol. The van der Waals surface area contributed by atoms with Crippen LogP contribution in [0.5, 0.6) is 0 Å². The number of aromatic nitrogens is 2. The quantitative estimate of drug-likeness (QED) is 0.854. The van der Waals surface area contributed by atoms with Crippen molar-refractivity contribution in [3.05, 3.63) is 16.9 Å². The van der Waals surface area contributed by atoms with E-state index in [1.807, 2.05) is 0 Å². The van der Waals surface area contributed by atoms with Crippen molar-refractivity contribution in [3.8, 4) is 0 Å². The van der Waals surface area contributed by atoms with Crippen LogP contribution in [-0.4, -0.2) is 20.9 Å². The second-order valence-corrected chi connectivity index (χ2v) is 4.46. The van der Waals surface area contributed by atoms with E-state index in [1.54, 1.807) is 17.9 Å². The first-order chi connectivity index (χ1) is 7.09. The predicted octanol–water partition coefficient (Wildman–Crippen LogP) is 1.73. The van der Waals surface area contributed by atoms with Crippen LogP contribution in [0.15, 0.2) is 6.20 Å². The lowest BCUT2D eigenvalue weighted by Crippen LogP contribution is -2.20. The molecule has 0 aliphatic heterocycles. The molecule has 1 aromatic rings. The summed E-state index contributed by atoms with van der Waals surface area (Å²) in [7, 11) is 1.78. The van der Waals surface area contributed by atoms with Gasteiger partial charge in [-0.1, -0.05) is 11.6 Å². The molecule has 1 atom stereocenters. The molecule has 5 heteroatoms. The van der Waals surface area contributed by atoms with Crippen LogP contribution >= 0.6 is 11.6 Å². The highest BCUT2D eigenvalue weighted by Crippen LogP contribution is 2.39. The molecule has 4 nitrogen and oxygen atoms in total. The van der Waals surface area contributed by atoms with Crippen LogP contribution in [0.1, 0.15) is 18.5 Å². The summed E-state index contributed by atoms with van der Waals surface area (Å²) in [4.78, 5) is 11.1. The number of hydrogen-bond donors (Lipinski definition) is 1. The highest BCUT2D eigenvalue weighted by molar-refractivity contribution is 6.31. The van der Waals surface area contributed by atoms with Gasteiger partial charge in [-0.15, -0.1) is 0 Å². The molecule has 0 radical (unpaired) electrons. The summed E-state index contributed by atoms with van der Waals surface area (Å²) in [6.07, 6.45) is 4.08. The lowest BCUT2D eigenvalue weighted by atomic mass is 9.98. The van der Waals surface area contributed by atoms with E-state index < -0.39 is 5.97 Å². The van der Waals surface area contributed by atoms with Gasteiger partial charge in [-0.3, -0.25) is 9.48 Å². The lowest BCUT2D eigenvalue weighted by Gasteiger charge is -2.11. The zero-order valence-corrected chi connectivity index (χ0v) is 9.24. The van der Waals surface area contributed by atoms with Crippen LogP contribution in [0.4, 0.5) is 0 Å². The Hall–Kier alpha value is -1.03. The number of nitrogens with zero attached hydrogens (tertiary/aromatic N) is 2. The topological polar surface area (TPSA) is 55.1 Å². The molecule has 1 unspecified atom stereocenters. The Labute approximate surface area is 92.8 Å². The maximum atomic E-state index is 11.1. The number of hydrogen-bond acceptors (Lipinski definition) is 2. The minimum atomic E-state index is -0.727. The van der Waals surface area contributed by atoms with E-state index in [4.69, 9.17) is 16.7 Å². The molecule has 0 spiro atoms. The summed E-state index contributed by atoms with van der Waals surface area (Å²) in [6, 6.07) is 0. The number of aliphatic carboxylic acids is 1. The van der Waals surface area contributed by atoms with Gasteiger partial charge in [0.15, 0.2) is 0 Å². The first-order valence-electron chi connectivity index (χ1n) is 4.98. The minimum absolute atomic E-state index is 0.308. The Kier molecular flexibility index (Phi) is 2.69. The summed E-state index contributed by atoms with van der Waals surface area (Å²) < 4.78 is 1.65. The van der Waals surface area contributed by atoms with Crippen molar-refractivity contribution in [3.63, 3.8) is 0 Å². The SMILES string of the molecule is Cn1ncc(Cl)c1CC(C(=O)O)C1CC1. The number of halogens is 1. The van der Waals surface area contributed by atoms with Crippen molar-refractivity contribution < 1.29 is 9.90 Å². The van der Waals surface area contributed by atoms with Crippen LogP contribution in [0.3, 0.4) is 0 Å². The molecule has 15 heavy (non-hydrogen) atoms. The van der Waals surface area contributed by atoms with Crippen LogP contribution in [0.2, 0.25) is 5.02 Å². The van der Waals surface area contributed by atoms with Gasteiger partial charge >= 0.3 is 5.97 Å². The van der Waals surface area contributed by atoms with E-state index in [1.165, 1.54) is 0 Å². The Bertz CT molecular complexity index is 365. The van der Waals surface area contributed by atoms with Crippen molar-refractivity contribution in [2.75, 3.05) is 0 Å². The molecule has 1 saturated carbocycles. The van der Waals surface area contributed by atoms with Crippen LogP contribution in [0, 0.1) is 11.8 Å². The molecule has 0 bridgehead atoms. The molecular formula is C10H13ClN2O2. The largest absolute Gasteiger partial charge is 0.481 e. The van der Waals surface area contributed by atoms with E-state index in [0.717, 1.165) is 18.5 Å².